The van der Waals surface area contributed by atoms with Gasteiger partial charge in [0, 0.05) is 46.2 Å². The summed E-state index contributed by atoms with van der Waals surface area (Å²) >= 11 is 0. The molecule has 8 nitrogen and oxygen atoms in total. The fourth-order valence-electron chi connectivity index (χ4n) is 3.77. The number of piperidine rings is 1. The topological polar surface area (TPSA) is 87.2 Å². The number of likely N-dealkylation sites (tertiary alicyclic amines) is 1. The average Bonchev–Trinajstić information content (AvgIpc) is 2.73. The first-order valence-corrected chi connectivity index (χ1v) is 11.0. The Hall–Kier alpha value is -2.13. The lowest BCUT2D eigenvalue weighted by molar-refractivity contribution is -0.141. The number of amides is 2. The highest BCUT2D eigenvalue weighted by Crippen LogP contribution is 2.23. The van der Waals surface area contributed by atoms with E-state index >= 15 is 0 Å². The lowest BCUT2D eigenvalue weighted by Gasteiger charge is -2.38. The quantitative estimate of drug-likeness (QED) is 0.734. The highest BCUT2D eigenvalue weighted by molar-refractivity contribution is 7.89. The van der Waals surface area contributed by atoms with Crippen LogP contribution in [0, 0.1) is 5.92 Å². The Labute approximate surface area is 166 Å². The molecular formula is C19H27N3O5S. The predicted octanol–water partition coefficient (Wildman–Crippen LogP) is 0.787. The van der Waals surface area contributed by atoms with Crippen molar-refractivity contribution in [2.75, 3.05) is 46.4 Å². The van der Waals surface area contributed by atoms with E-state index in [0.29, 0.717) is 31.9 Å². The molecule has 0 bridgehead atoms. The Morgan fingerprint density at radius 2 is 1.64 bits per heavy atom. The molecule has 1 atom stereocenters. The smallest absolute Gasteiger partial charge is 0.243 e. The molecule has 2 heterocycles. The number of sulfonamides is 1. The Bertz CT molecular complexity index is 816. The van der Waals surface area contributed by atoms with Crippen LogP contribution in [0.5, 0.6) is 5.75 Å². The van der Waals surface area contributed by atoms with Gasteiger partial charge in [-0.05, 0) is 37.1 Å². The minimum atomic E-state index is -3.59. The highest BCUT2D eigenvalue weighted by atomic mass is 32.2. The Balaban J connectivity index is 1.60. The predicted molar refractivity (Wildman–Crippen MR) is 103 cm³/mol. The van der Waals surface area contributed by atoms with E-state index in [4.69, 9.17) is 4.74 Å². The zero-order valence-electron chi connectivity index (χ0n) is 16.3. The van der Waals surface area contributed by atoms with Gasteiger partial charge in [-0.25, -0.2) is 8.42 Å². The second-order valence-electron chi connectivity index (χ2n) is 7.21. The summed E-state index contributed by atoms with van der Waals surface area (Å²) < 4.78 is 32.1. The Kier molecular flexibility index (Phi) is 6.24. The molecule has 2 saturated heterocycles. The van der Waals surface area contributed by atoms with Crippen LogP contribution in [-0.2, 0) is 19.6 Å². The van der Waals surface area contributed by atoms with E-state index in [9.17, 15) is 18.0 Å². The number of carbonyl (C=O) groups excluding carboxylic acids is 2. The maximum absolute atomic E-state index is 12.8. The fourth-order valence-corrected chi connectivity index (χ4v) is 5.19. The van der Waals surface area contributed by atoms with Crippen LogP contribution in [0.4, 0.5) is 0 Å². The average molecular weight is 410 g/mol. The molecule has 2 fully saturated rings. The van der Waals surface area contributed by atoms with Crippen molar-refractivity contribution in [1.82, 2.24) is 14.1 Å². The van der Waals surface area contributed by atoms with Crippen molar-refractivity contribution in [3.63, 3.8) is 0 Å². The molecule has 0 spiro atoms. The van der Waals surface area contributed by atoms with Crippen LogP contribution in [0.1, 0.15) is 19.8 Å². The monoisotopic (exact) mass is 409 g/mol. The minimum absolute atomic E-state index is 0.00657. The van der Waals surface area contributed by atoms with Crippen LogP contribution in [-0.4, -0.2) is 80.7 Å². The van der Waals surface area contributed by atoms with Gasteiger partial charge in [-0.3, -0.25) is 9.59 Å². The van der Waals surface area contributed by atoms with Crippen LogP contribution in [0.3, 0.4) is 0 Å². The second-order valence-corrected chi connectivity index (χ2v) is 9.15. The fraction of sp³-hybridized carbons (Fsp3) is 0.579. The van der Waals surface area contributed by atoms with Crippen molar-refractivity contribution >= 4 is 21.8 Å². The van der Waals surface area contributed by atoms with Gasteiger partial charge >= 0.3 is 0 Å². The van der Waals surface area contributed by atoms with Gasteiger partial charge in [0.2, 0.25) is 21.8 Å². The molecule has 1 aromatic carbocycles. The van der Waals surface area contributed by atoms with Gasteiger partial charge in [-0.2, -0.15) is 4.31 Å². The molecule has 2 aliphatic heterocycles. The minimum Gasteiger partial charge on any atom is -0.497 e. The van der Waals surface area contributed by atoms with Crippen LogP contribution < -0.4 is 4.74 Å². The molecule has 0 unspecified atom stereocenters. The number of hydrogen-bond donors (Lipinski definition) is 0. The first-order chi connectivity index (χ1) is 13.3. The summed E-state index contributed by atoms with van der Waals surface area (Å²) in [6.45, 7) is 3.95. The van der Waals surface area contributed by atoms with Gasteiger partial charge < -0.3 is 14.5 Å². The molecule has 2 aliphatic rings. The third-order valence-electron chi connectivity index (χ3n) is 5.46. The summed E-state index contributed by atoms with van der Waals surface area (Å²) in [7, 11) is -2.06. The Morgan fingerprint density at radius 3 is 2.21 bits per heavy atom. The van der Waals surface area contributed by atoms with Crippen LogP contribution in [0.25, 0.3) is 0 Å². The molecule has 0 radical (unpaired) electrons. The summed E-state index contributed by atoms with van der Waals surface area (Å²) in [4.78, 5) is 28.1. The van der Waals surface area contributed by atoms with Gasteiger partial charge in [0.15, 0.2) is 0 Å². The maximum atomic E-state index is 12.8. The second kappa shape index (κ2) is 8.48. The van der Waals surface area contributed by atoms with Gasteiger partial charge in [0.05, 0.1) is 17.9 Å². The van der Waals surface area contributed by atoms with E-state index < -0.39 is 10.0 Å². The normalized spacial score (nSPS) is 21.4. The number of hydrogen-bond acceptors (Lipinski definition) is 5. The molecule has 2 amide bonds. The molecular weight excluding hydrogens is 382 g/mol. The molecule has 0 aliphatic carbocycles. The third kappa shape index (κ3) is 4.30. The number of carbonyl (C=O) groups is 2. The van der Waals surface area contributed by atoms with E-state index in [1.807, 2.05) is 0 Å². The van der Waals surface area contributed by atoms with Gasteiger partial charge in [0.1, 0.15) is 5.75 Å². The lowest BCUT2D eigenvalue weighted by Crippen LogP contribution is -2.53. The molecule has 0 N–H and O–H groups in total. The van der Waals surface area contributed by atoms with E-state index in [2.05, 4.69) is 0 Å². The number of ether oxygens (including phenoxy) is 1. The number of nitrogens with zero attached hydrogens (tertiary/aromatic N) is 3. The molecule has 154 valence electrons. The molecule has 28 heavy (non-hydrogen) atoms. The zero-order chi connectivity index (χ0) is 20.3. The SMILES string of the molecule is COc1ccc(S(=O)(=O)N2CCN(C(=O)[C@@H]3CCCN(C(C)=O)C3)CC2)cc1. The number of piperazine rings is 1. The summed E-state index contributed by atoms with van der Waals surface area (Å²) in [5.74, 6) is 0.421. The van der Waals surface area contributed by atoms with Crippen molar-refractivity contribution < 1.29 is 22.7 Å². The first kappa shape index (κ1) is 20.6. The van der Waals surface area contributed by atoms with Crippen molar-refractivity contribution in [3.8, 4) is 5.75 Å². The molecule has 0 aromatic heterocycles. The maximum Gasteiger partial charge on any atom is 0.243 e. The largest absolute Gasteiger partial charge is 0.497 e. The zero-order valence-corrected chi connectivity index (χ0v) is 17.2. The third-order valence-corrected chi connectivity index (χ3v) is 7.38. The molecule has 0 saturated carbocycles. The standard InChI is InChI=1S/C19H27N3O5S/c1-15(23)21-9-3-4-16(14-21)19(24)20-10-12-22(13-11-20)28(25,26)18-7-5-17(27-2)6-8-18/h5-8,16H,3-4,9-14H2,1-2H3/t16-/m1/s1. The van der Waals surface area contributed by atoms with Gasteiger partial charge in [0.25, 0.3) is 0 Å². The lowest BCUT2D eigenvalue weighted by atomic mass is 9.96. The van der Waals surface area contributed by atoms with Crippen molar-refractivity contribution in [2.24, 2.45) is 5.92 Å². The number of benzene rings is 1. The van der Waals surface area contributed by atoms with Crippen LogP contribution in [0.2, 0.25) is 0 Å². The summed E-state index contributed by atoms with van der Waals surface area (Å²) in [5, 5.41) is 0. The number of methoxy groups -OCH3 is 1. The van der Waals surface area contributed by atoms with Gasteiger partial charge in [-0.15, -0.1) is 0 Å². The Morgan fingerprint density at radius 1 is 1.00 bits per heavy atom. The summed E-state index contributed by atoms with van der Waals surface area (Å²) in [6, 6.07) is 6.31. The molecule has 3 rings (SSSR count). The summed E-state index contributed by atoms with van der Waals surface area (Å²) in [5.41, 5.74) is 0. The van der Waals surface area contributed by atoms with Crippen LogP contribution >= 0.6 is 0 Å². The molecule has 1 aromatic rings. The van der Waals surface area contributed by atoms with Crippen molar-refractivity contribution in [1.29, 1.82) is 0 Å². The van der Waals surface area contributed by atoms with Crippen molar-refractivity contribution in [2.45, 2.75) is 24.7 Å². The van der Waals surface area contributed by atoms with Gasteiger partial charge in [-0.1, -0.05) is 0 Å². The molecule has 9 heteroatoms. The first-order valence-electron chi connectivity index (χ1n) is 9.51. The summed E-state index contributed by atoms with van der Waals surface area (Å²) in [6.07, 6.45) is 1.59. The van der Waals surface area contributed by atoms with E-state index in [1.165, 1.54) is 30.5 Å². The van der Waals surface area contributed by atoms with Crippen molar-refractivity contribution in [3.05, 3.63) is 24.3 Å². The highest BCUT2D eigenvalue weighted by Gasteiger charge is 2.34. The van der Waals surface area contributed by atoms with E-state index in [0.717, 1.165) is 12.8 Å². The van der Waals surface area contributed by atoms with Crippen LogP contribution in [0.15, 0.2) is 29.2 Å². The number of rotatable bonds is 4. The van der Waals surface area contributed by atoms with E-state index in [-0.39, 0.29) is 35.7 Å². The van der Waals surface area contributed by atoms with E-state index in [1.54, 1.807) is 21.9 Å².